The second kappa shape index (κ2) is 5.17. The van der Waals surface area contributed by atoms with Crippen LogP contribution < -0.4 is 5.32 Å². The van der Waals surface area contributed by atoms with E-state index in [2.05, 4.69) is 41.6 Å². The van der Waals surface area contributed by atoms with Gasteiger partial charge in [-0.05, 0) is 43.0 Å². The van der Waals surface area contributed by atoms with E-state index in [0.29, 0.717) is 6.04 Å². The first-order chi connectivity index (χ1) is 9.29. The van der Waals surface area contributed by atoms with Gasteiger partial charge in [-0.25, -0.2) is 0 Å². The Morgan fingerprint density at radius 2 is 2.26 bits per heavy atom. The maximum atomic E-state index is 4.54. The molecule has 0 saturated carbocycles. The van der Waals surface area contributed by atoms with Crippen LogP contribution in [0.5, 0.6) is 0 Å². The lowest BCUT2D eigenvalue weighted by molar-refractivity contribution is 0.529. The highest BCUT2D eigenvalue weighted by Crippen LogP contribution is 2.37. The fraction of sp³-hybridized carbons (Fsp3) is 0.438. The molecule has 0 fully saturated rings. The first-order valence-electron chi connectivity index (χ1n) is 7.14. The number of aromatic nitrogens is 2. The third kappa shape index (κ3) is 2.30. The van der Waals surface area contributed by atoms with E-state index >= 15 is 0 Å². The Labute approximate surface area is 114 Å². The van der Waals surface area contributed by atoms with Crippen LogP contribution in [0.3, 0.4) is 0 Å². The van der Waals surface area contributed by atoms with Gasteiger partial charge in [0.2, 0.25) is 0 Å². The lowest BCUT2D eigenvalue weighted by Gasteiger charge is -2.13. The second-order valence-electron chi connectivity index (χ2n) is 5.29. The van der Waals surface area contributed by atoms with Crippen molar-refractivity contribution in [2.45, 2.75) is 32.2 Å². The molecule has 0 saturated heterocycles. The number of nitrogens with zero attached hydrogens (tertiary/aromatic N) is 2. The average Bonchev–Trinajstić information content (AvgIpc) is 3.02. The molecule has 0 spiro atoms. The first-order valence-corrected chi connectivity index (χ1v) is 7.14. The molecule has 0 radical (unpaired) electrons. The first kappa shape index (κ1) is 12.4. The van der Waals surface area contributed by atoms with E-state index < -0.39 is 0 Å². The summed E-state index contributed by atoms with van der Waals surface area (Å²) in [5.41, 5.74) is 5.35. The van der Waals surface area contributed by atoms with Crippen LogP contribution in [-0.2, 0) is 13.5 Å². The smallest absolute Gasteiger partial charge is 0.0925 e. The van der Waals surface area contributed by atoms with Gasteiger partial charge in [0, 0.05) is 24.8 Å². The SMILES string of the molecule is CCCNC1CCc2c(-c3ccn(C)n3)cccc21. The number of rotatable bonds is 4. The lowest BCUT2D eigenvalue weighted by atomic mass is 10.00. The summed E-state index contributed by atoms with van der Waals surface area (Å²) in [7, 11) is 1.97. The Balaban J connectivity index is 1.95. The Morgan fingerprint density at radius 3 is 3.00 bits per heavy atom. The summed E-state index contributed by atoms with van der Waals surface area (Å²) >= 11 is 0. The predicted molar refractivity (Wildman–Crippen MR) is 78.0 cm³/mol. The zero-order valence-corrected chi connectivity index (χ0v) is 11.7. The third-order valence-corrected chi connectivity index (χ3v) is 3.90. The summed E-state index contributed by atoms with van der Waals surface area (Å²) in [4.78, 5) is 0. The largest absolute Gasteiger partial charge is 0.310 e. The Kier molecular flexibility index (Phi) is 3.38. The second-order valence-corrected chi connectivity index (χ2v) is 5.29. The molecule has 100 valence electrons. The summed E-state index contributed by atoms with van der Waals surface area (Å²) in [6.07, 6.45) is 5.56. The van der Waals surface area contributed by atoms with Crippen LogP contribution >= 0.6 is 0 Å². The molecular weight excluding hydrogens is 234 g/mol. The van der Waals surface area contributed by atoms with Crippen LogP contribution in [0.1, 0.15) is 36.9 Å². The lowest BCUT2D eigenvalue weighted by Crippen LogP contribution is -2.19. The maximum absolute atomic E-state index is 4.54. The van der Waals surface area contributed by atoms with Crippen molar-refractivity contribution in [3.63, 3.8) is 0 Å². The Hall–Kier alpha value is -1.61. The van der Waals surface area contributed by atoms with E-state index in [-0.39, 0.29) is 0 Å². The minimum absolute atomic E-state index is 0.526. The van der Waals surface area contributed by atoms with E-state index in [1.54, 1.807) is 0 Å². The molecule has 0 amide bonds. The summed E-state index contributed by atoms with van der Waals surface area (Å²) in [6, 6.07) is 9.25. The van der Waals surface area contributed by atoms with E-state index in [0.717, 1.165) is 18.7 Å². The molecule has 3 heteroatoms. The standard InChI is InChI=1S/C16H21N3/c1-3-10-17-15-8-7-12-13(15)5-4-6-14(12)16-9-11-19(2)18-16/h4-6,9,11,15,17H,3,7-8,10H2,1-2H3. The van der Waals surface area contributed by atoms with Gasteiger partial charge in [-0.15, -0.1) is 0 Å². The zero-order valence-electron chi connectivity index (χ0n) is 11.7. The van der Waals surface area contributed by atoms with Gasteiger partial charge < -0.3 is 5.32 Å². The highest BCUT2D eigenvalue weighted by molar-refractivity contribution is 5.66. The van der Waals surface area contributed by atoms with Gasteiger partial charge in [0.05, 0.1) is 5.69 Å². The van der Waals surface area contributed by atoms with Crippen LogP contribution in [0.4, 0.5) is 0 Å². The Morgan fingerprint density at radius 1 is 1.37 bits per heavy atom. The normalized spacial score (nSPS) is 17.7. The minimum atomic E-state index is 0.526. The van der Waals surface area contributed by atoms with Crippen molar-refractivity contribution < 1.29 is 0 Å². The van der Waals surface area contributed by atoms with Crippen LogP contribution in [0, 0.1) is 0 Å². The fourth-order valence-corrected chi connectivity index (χ4v) is 2.98. The fourth-order valence-electron chi connectivity index (χ4n) is 2.98. The van der Waals surface area contributed by atoms with Gasteiger partial charge in [-0.1, -0.05) is 25.1 Å². The molecule has 1 aromatic heterocycles. The van der Waals surface area contributed by atoms with Gasteiger partial charge in [0.1, 0.15) is 0 Å². The van der Waals surface area contributed by atoms with Crippen molar-refractivity contribution in [1.29, 1.82) is 0 Å². The minimum Gasteiger partial charge on any atom is -0.310 e. The van der Waals surface area contributed by atoms with E-state index in [1.807, 2.05) is 17.9 Å². The van der Waals surface area contributed by atoms with Crippen LogP contribution in [-0.4, -0.2) is 16.3 Å². The van der Waals surface area contributed by atoms with E-state index in [9.17, 15) is 0 Å². The van der Waals surface area contributed by atoms with Gasteiger partial charge in [0.15, 0.2) is 0 Å². The molecular formula is C16H21N3. The van der Waals surface area contributed by atoms with Crippen molar-refractivity contribution in [2.75, 3.05) is 6.54 Å². The molecule has 3 nitrogen and oxygen atoms in total. The molecule has 0 aliphatic heterocycles. The molecule has 1 aromatic carbocycles. The topological polar surface area (TPSA) is 29.9 Å². The number of aryl methyl sites for hydroxylation is 1. The number of hydrogen-bond acceptors (Lipinski definition) is 2. The summed E-state index contributed by atoms with van der Waals surface area (Å²) < 4.78 is 1.87. The van der Waals surface area contributed by atoms with Crippen molar-refractivity contribution in [1.82, 2.24) is 15.1 Å². The van der Waals surface area contributed by atoms with Crippen molar-refractivity contribution >= 4 is 0 Å². The van der Waals surface area contributed by atoms with Crippen LogP contribution in [0.2, 0.25) is 0 Å². The van der Waals surface area contributed by atoms with Crippen LogP contribution in [0.15, 0.2) is 30.5 Å². The average molecular weight is 255 g/mol. The van der Waals surface area contributed by atoms with Crippen molar-refractivity contribution in [2.24, 2.45) is 7.05 Å². The zero-order chi connectivity index (χ0) is 13.2. The monoisotopic (exact) mass is 255 g/mol. The molecule has 19 heavy (non-hydrogen) atoms. The number of benzene rings is 1. The predicted octanol–water partition coefficient (Wildman–Crippen LogP) is 3.07. The quantitative estimate of drug-likeness (QED) is 0.910. The Bertz CT molecular complexity index is 571. The van der Waals surface area contributed by atoms with Crippen molar-refractivity contribution in [3.8, 4) is 11.3 Å². The summed E-state index contributed by atoms with van der Waals surface area (Å²) in [6.45, 7) is 3.31. The van der Waals surface area contributed by atoms with Crippen LogP contribution in [0.25, 0.3) is 11.3 Å². The molecule has 1 unspecified atom stereocenters. The molecule has 1 N–H and O–H groups in total. The molecule has 1 aliphatic carbocycles. The summed E-state index contributed by atoms with van der Waals surface area (Å²) in [5.74, 6) is 0. The van der Waals surface area contributed by atoms with E-state index in [1.165, 1.54) is 29.5 Å². The molecule has 2 aromatic rings. The van der Waals surface area contributed by atoms with Gasteiger partial charge in [-0.3, -0.25) is 4.68 Å². The highest BCUT2D eigenvalue weighted by atomic mass is 15.2. The molecule has 0 bridgehead atoms. The number of fused-ring (bicyclic) bond motifs is 1. The molecule has 1 heterocycles. The molecule has 1 atom stereocenters. The molecule has 3 rings (SSSR count). The number of hydrogen-bond donors (Lipinski definition) is 1. The van der Waals surface area contributed by atoms with Crippen molar-refractivity contribution in [3.05, 3.63) is 41.6 Å². The van der Waals surface area contributed by atoms with Gasteiger partial charge in [0.25, 0.3) is 0 Å². The third-order valence-electron chi connectivity index (χ3n) is 3.90. The summed E-state index contributed by atoms with van der Waals surface area (Å²) in [5, 5.41) is 8.19. The highest BCUT2D eigenvalue weighted by Gasteiger charge is 2.24. The van der Waals surface area contributed by atoms with Gasteiger partial charge >= 0.3 is 0 Å². The number of nitrogens with one attached hydrogen (secondary N) is 1. The molecule has 1 aliphatic rings. The van der Waals surface area contributed by atoms with E-state index in [4.69, 9.17) is 0 Å². The van der Waals surface area contributed by atoms with Gasteiger partial charge in [-0.2, -0.15) is 5.10 Å². The maximum Gasteiger partial charge on any atom is 0.0925 e.